The SMILES string of the molecule is Cc1ccc(S(=O)(=O)Nc2ccccc2C(=O)N2CCC3CCC(C2)N3)cc1. The number of carbonyl (C=O) groups excluding carboxylic acids is 1. The second kappa shape index (κ2) is 7.56. The smallest absolute Gasteiger partial charge is 0.261 e. The van der Waals surface area contributed by atoms with Crippen LogP contribution in [0.5, 0.6) is 0 Å². The number of nitrogens with zero attached hydrogens (tertiary/aromatic N) is 1. The molecule has 2 aromatic rings. The van der Waals surface area contributed by atoms with Crippen molar-refractivity contribution in [2.75, 3.05) is 17.8 Å². The lowest BCUT2D eigenvalue weighted by Gasteiger charge is -2.25. The molecule has 148 valence electrons. The molecule has 0 spiro atoms. The number of fused-ring (bicyclic) bond motifs is 2. The third-order valence-corrected chi connectivity index (χ3v) is 6.92. The molecule has 2 bridgehead atoms. The van der Waals surface area contributed by atoms with E-state index in [4.69, 9.17) is 0 Å². The van der Waals surface area contributed by atoms with Crippen LogP contribution in [0.25, 0.3) is 0 Å². The zero-order valence-electron chi connectivity index (χ0n) is 15.9. The van der Waals surface area contributed by atoms with Crippen LogP contribution >= 0.6 is 0 Å². The van der Waals surface area contributed by atoms with Crippen LogP contribution in [0, 0.1) is 6.92 Å². The van der Waals surface area contributed by atoms with E-state index in [0.717, 1.165) is 18.4 Å². The van der Waals surface area contributed by atoms with Gasteiger partial charge in [0, 0.05) is 25.2 Å². The van der Waals surface area contributed by atoms with E-state index in [0.29, 0.717) is 36.4 Å². The molecule has 2 aliphatic heterocycles. The van der Waals surface area contributed by atoms with Gasteiger partial charge in [0.2, 0.25) is 0 Å². The fraction of sp³-hybridized carbons (Fsp3) is 0.381. The summed E-state index contributed by atoms with van der Waals surface area (Å²) in [4.78, 5) is 15.2. The topological polar surface area (TPSA) is 78.5 Å². The number of benzene rings is 2. The van der Waals surface area contributed by atoms with E-state index in [-0.39, 0.29) is 10.8 Å². The molecule has 7 heteroatoms. The first-order valence-electron chi connectivity index (χ1n) is 9.66. The molecule has 2 heterocycles. The van der Waals surface area contributed by atoms with E-state index in [1.165, 1.54) is 6.42 Å². The highest BCUT2D eigenvalue weighted by Crippen LogP contribution is 2.25. The van der Waals surface area contributed by atoms with Gasteiger partial charge < -0.3 is 10.2 Å². The molecule has 2 unspecified atom stereocenters. The van der Waals surface area contributed by atoms with Crippen molar-refractivity contribution >= 4 is 21.6 Å². The van der Waals surface area contributed by atoms with Crippen LogP contribution in [0.3, 0.4) is 0 Å². The van der Waals surface area contributed by atoms with Crippen molar-refractivity contribution in [3.05, 3.63) is 59.7 Å². The monoisotopic (exact) mass is 399 g/mol. The third kappa shape index (κ3) is 3.91. The molecular weight excluding hydrogens is 374 g/mol. The Balaban J connectivity index is 1.58. The summed E-state index contributed by atoms with van der Waals surface area (Å²) in [5.74, 6) is -0.128. The van der Waals surface area contributed by atoms with E-state index in [1.807, 2.05) is 11.8 Å². The summed E-state index contributed by atoms with van der Waals surface area (Å²) in [7, 11) is -3.77. The lowest BCUT2D eigenvalue weighted by atomic mass is 10.1. The summed E-state index contributed by atoms with van der Waals surface area (Å²) < 4.78 is 28.2. The zero-order chi connectivity index (χ0) is 19.7. The van der Waals surface area contributed by atoms with Crippen LogP contribution in [-0.2, 0) is 10.0 Å². The van der Waals surface area contributed by atoms with Crippen LogP contribution in [0.15, 0.2) is 53.4 Å². The normalized spacial score (nSPS) is 22.0. The van der Waals surface area contributed by atoms with Crippen LogP contribution in [-0.4, -0.2) is 44.4 Å². The molecule has 0 saturated carbocycles. The average molecular weight is 400 g/mol. The van der Waals surface area contributed by atoms with Crippen molar-refractivity contribution in [2.24, 2.45) is 0 Å². The number of aryl methyl sites for hydroxylation is 1. The predicted octanol–water partition coefficient (Wildman–Crippen LogP) is 2.76. The zero-order valence-corrected chi connectivity index (χ0v) is 16.7. The molecule has 0 aromatic heterocycles. The van der Waals surface area contributed by atoms with Gasteiger partial charge in [-0.15, -0.1) is 0 Å². The number of anilines is 1. The standard InChI is InChI=1S/C21H25N3O3S/c1-15-6-10-18(11-7-15)28(26,27)23-20-5-3-2-4-19(20)21(25)24-13-12-16-8-9-17(14-24)22-16/h2-7,10-11,16-17,22-23H,8-9,12-14H2,1H3. The molecule has 6 nitrogen and oxygen atoms in total. The van der Waals surface area contributed by atoms with Crippen LogP contribution in [0.1, 0.15) is 35.2 Å². The second-order valence-corrected chi connectivity index (χ2v) is 9.32. The van der Waals surface area contributed by atoms with Gasteiger partial charge in [0.25, 0.3) is 15.9 Å². The van der Waals surface area contributed by atoms with Gasteiger partial charge >= 0.3 is 0 Å². The molecule has 4 rings (SSSR count). The maximum absolute atomic E-state index is 13.2. The van der Waals surface area contributed by atoms with Gasteiger partial charge in [-0.2, -0.15) is 0 Å². The highest BCUT2D eigenvalue weighted by atomic mass is 32.2. The first kappa shape index (κ1) is 19.0. The number of hydrogen-bond acceptors (Lipinski definition) is 4. The van der Waals surface area contributed by atoms with Gasteiger partial charge in [0.05, 0.1) is 16.1 Å². The molecule has 1 amide bonds. The quantitative estimate of drug-likeness (QED) is 0.829. The molecule has 2 aliphatic rings. The predicted molar refractivity (Wildman–Crippen MR) is 109 cm³/mol. The van der Waals surface area contributed by atoms with E-state index in [9.17, 15) is 13.2 Å². The Bertz CT molecular complexity index is 973. The largest absolute Gasteiger partial charge is 0.337 e. The molecule has 2 atom stereocenters. The number of nitrogens with one attached hydrogen (secondary N) is 2. The summed E-state index contributed by atoms with van der Waals surface area (Å²) >= 11 is 0. The minimum absolute atomic E-state index is 0.128. The van der Waals surface area contributed by atoms with Crippen LogP contribution in [0.2, 0.25) is 0 Å². The molecular formula is C21H25N3O3S. The number of rotatable bonds is 4. The molecule has 2 fully saturated rings. The molecule has 0 aliphatic carbocycles. The minimum Gasteiger partial charge on any atom is -0.337 e. The van der Waals surface area contributed by atoms with Gasteiger partial charge in [-0.05, 0) is 50.5 Å². The molecule has 2 aromatic carbocycles. The van der Waals surface area contributed by atoms with E-state index >= 15 is 0 Å². The Kier molecular flexibility index (Phi) is 5.12. The first-order chi connectivity index (χ1) is 13.4. The van der Waals surface area contributed by atoms with Crippen LogP contribution in [0.4, 0.5) is 5.69 Å². The fourth-order valence-electron chi connectivity index (χ4n) is 3.98. The Morgan fingerprint density at radius 2 is 1.75 bits per heavy atom. The third-order valence-electron chi connectivity index (χ3n) is 5.54. The molecule has 0 radical (unpaired) electrons. The summed E-state index contributed by atoms with van der Waals surface area (Å²) in [6.45, 7) is 3.25. The van der Waals surface area contributed by atoms with Crippen molar-refractivity contribution < 1.29 is 13.2 Å². The number of carbonyl (C=O) groups is 1. The van der Waals surface area contributed by atoms with Crippen molar-refractivity contribution in [2.45, 2.75) is 43.2 Å². The van der Waals surface area contributed by atoms with Crippen molar-refractivity contribution in [1.82, 2.24) is 10.2 Å². The molecule has 2 N–H and O–H groups in total. The summed E-state index contributed by atoms with van der Waals surface area (Å²) in [6.07, 6.45) is 3.18. The number of para-hydroxylation sites is 1. The van der Waals surface area contributed by atoms with Crippen molar-refractivity contribution in [1.29, 1.82) is 0 Å². The summed E-state index contributed by atoms with van der Waals surface area (Å²) in [5, 5.41) is 3.56. The Labute approximate surface area is 166 Å². The van der Waals surface area contributed by atoms with Gasteiger partial charge in [0.1, 0.15) is 0 Å². The minimum atomic E-state index is -3.77. The van der Waals surface area contributed by atoms with E-state index in [2.05, 4.69) is 10.0 Å². The fourth-order valence-corrected chi connectivity index (χ4v) is 5.06. The number of likely N-dealkylation sites (tertiary alicyclic amines) is 1. The maximum atomic E-state index is 13.2. The van der Waals surface area contributed by atoms with Gasteiger partial charge in [-0.3, -0.25) is 9.52 Å². The highest BCUT2D eigenvalue weighted by molar-refractivity contribution is 7.92. The Morgan fingerprint density at radius 3 is 2.54 bits per heavy atom. The van der Waals surface area contributed by atoms with Crippen molar-refractivity contribution in [3.63, 3.8) is 0 Å². The first-order valence-corrected chi connectivity index (χ1v) is 11.1. The van der Waals surface area contributed by atoms with E-state index < -0.39 is 10.0 Å². The summed E-state index contributed by atoms with van der Waals surface area (Å²) in [6, 6.07) is 14.3. The maximum Gasteiger partial charge on any atom is 0.261 e. The second-order valence-electron chi connectivity index (χ2n) is 7.64. The highest BCUT2D eigenvalue weighted by Gasteiger charge is 2.32. The molecule has 28 heavy (non-hydrogen) atoms. The Morgan fingerprint density at radius 1 is 1.04 bits per heavy atom. The lowest BCUT2D eigenvalue weighted by Crippen LogP contribution is -2.39. The summed E-state index contributed by atoms with van der Waals surface area (Å²) in [5.41, 5.74) is 1.69. The van der Waals surface area contributed by atoms with E-state index in [1.54, 1.807) is 48.5 Å². The molecule has 2 saturated heterocycles. The number of hydrogen-bond donors (Lipinski definition) is 2. The number of sulfonamides is 1. The number of amides is 1. The van der Waals surface area contributed by atoms with Gasteiger partial charge in [-0.1, -0.05) is 29.8 Å². The van der Waals surface area contributed by atoms with Crippen molar-refractivity contribution in [3.8, 4) is 0 Å². The van der Waals surface area contributed by atoms with Crippen LogP contribution < -0.4 is 10.0 Å². The lowest BCUT2D eigenvalue weighted by molar-refractivity contribution is 0.0749. The average Bonchev–Trinajstić information content (AvgIpc) is 3.00. The van der Waals surface area contributed by atoms with Gasteiger partial charge in [0.15, 0.2) is 0 Å². The Hall–Kier alpha value is -2.38. The van der Waals surface area contributed by atoms with Gasteiger partial charge in [-0.25, -0.2) is 8.42 Å².